The summed E-state index contributed by atoms with van der Waals surface area (Å²) in [6.07, 6.45) is 0. The number of hydrogen-bond donors (Lipinski definition) is 0. The second-order valence-corrected chi connectivity index (χ2v) is 6.63. The molecule has 0 saturated carbocycles. The standard InChI is InChI=1S/C12H16Cl2N2S/c1-8-9(2)17-6-5-16(8)7-11-10(13)3-4-12(14)15-11/h3-4,8-9H,5-7H2,1-2H3. The van der Waals surface area contributed by atoms with Crippen LogP contribution < -0.4 is 0 Å². The van der Waals surface area contributed by atoms with E-state index < -0.39 is 0 Å². The lowest BCUT2D eigenvalue weighted by Gasteiger charge is -2.37. The smallest absolute Gasteiger partial charge is 0.129 e. The topological polar surface area (TPSA) is 16.1 Å². The minimum Gasteiger partial charge on any atom is -0.293 e. The molecule has 1 saturated heterocycles. The zero-order chi connectivity index (χ0) is 12.4. The highest BCUT2D eigenvalue weighted by atomic mass is 35.5. The minimum absolute atomic E-state index is 0.511. The van der Waals surface area contributed by atoms with E-state index in [0.29, 0.717) is 21.5 Å². The quantitative estimate of drug-likeness (QED) is 0.773. The Hall–Kier alpha value is 0.0400. The van der Waals surface area contributed by atoms with Gasteiger partial charge in [0.1, 0.15) is 5.15 Å². The van der Waals surface area contributed by atoms with Gasteiger partial charge in [-0.2, -0.15) is 11.8 Å². The number of thioether (sulfide) groups is 1. The largest absolute Gasteiger partial charge is 0.293 e. The van der Waals surface area contributed by atoms with E-state index in [-0.39, 0.29) is 0 Å². The zero-order valence-corrected chi connectivity index (χ0v) is 12.3. The summed E-state index contributed by atoms with van der Waals surface area (Å²) in [5, 5.41) is 1.87. The number of pyridine rings is 1. The fourth-order valence-corrected chi connectivity index (χ4v) is 3.47. The van der Waals surface area contributed by atoms with Gasteiger partial charge in [0.05, 0.1) is 10.7 Å². The Morgan fingerprint density at radius 2 is 2.18 bits per heavy atom. The number of hydrogen-bond acceptors (Lipinski definition) is 3. The molecule has 1 aromatic heterocycles. The van der Waals surface area contributed by atoms with Crippen LogP contribution in [0.15, 0.2) is 12.1 Å². The minimum atomic E-state index is 0.511. The van der Waals surface area contributed by atoms with Crippen LogP contribution in [0.25, 0.3) is 0 Å². The van der Waals surface area contributed by atoms with E-state index in [1.807, 2.05) is 17.8 Å². The Labute approximate surface area is 117 Å². The highest BCUT2D eigenvalue weighted by Crippen LogP contribution is 2.27. The van der Waals surface area contributed by atoms with Gasteiger partial charge in [-0.05, 0) is 19.1 Å². The van der Waals surface area contributed by atoms with Gasteiger partial charge in [-0.25, -0.2) is 4.98 Å². The predicted octanol–water partition coefficient (Wildman–Crippen LogP) is 3.71. The van der Waals surface area contributed by atoms with E-state index in [0.717, 1.165) is 18.8 Å². The first-order chi connectivity index (χ1) is 8.08. The monoisotopic (exact) mass is 290 g/mol. The molecular formula is C12H16Cl2N2S. The summed E-state index contributed by atoms with van der Waals surface area (Å²) >= 11 is 14.1. The molecule has 1 aromatic rings. The van der Waals surface area contributed by atoms with Crippen molar-refractivity contribution < 1.29 is 0 Å². The highest BCUT2D eigenvalue weighted by Gasteiger charge is 2.25. The van der Waals surface area contributed by atoms with Crippen molar-refractivity contribution >= 4 is 35.0 Å². The lowest BCUT2D eigenvalue weighted by Crippen LogP contribution is -2.44. The molecule has 0 amide bonds. The van der Waals surface area contributed by atoms with Gasteiger partial charge in [-0.1, -0.05) is 30.1 Å². The van der Waals surface area contributed by atoms with Gasteiger partial charge in [0, 0.05) is 30.1 Å². The Kier molecular flexibility index (Phi) is 4.59. The second-order valence-electron chi connectivity index (χ2n) is 4.35. The van der Waals surface area contributed by atoms with Crippen molar-refractivity contribution in [3.63, 3.8) is 0 Å². The van der Waals surface area contributed by atoms with Gasteiger partial charge in [-0.15, -0.1) is 0 Å². The molecule has 0 bridgehead atoms. The molecule has 2 nitrogen and oxygen atoms in total. The molecule has 1 fully saturated rings. The third kappa shape index (κ3) is 3.28. The van der Waals surface area contributed by atoms with Crippen molar-refractivity contribution in [3.05, 3.63) is 28.0 Å². The van der Waals surface area contributed by atoms with Crippen LogP contribution in [0, 0.1) is 0 Å². The first kappa shape index (κ1) is 13.5. The molecule has 2 rings (SSSR count). The maximum absolute atomic E-state index is 6.15. The van der Waals surface area contributed by atoms with Crippen molar-refractivity contribution in [1.29, 1.82) is 0 Å². The molecule has 2 unspecified atom stereocenters. The van der Waals surface area contributed by atoms with Crippen LogP contribution in [0.1, 0.15) is 19.5 Å². The van der Waals surface area contributed by atoms with E-state index in [1.54, 1.807) is 6.07 Å². The van der Waals surface area contributed by atoms with Gasteiger partial charge in [0.15, 0.2) is 0 Å². The lowest BCUT2D eigenvalue weighted by atomic mass is 10.2. The molecule has 1 aliphatic rings. The van der Waals surface area contributed by atoms with E-state index in [4.69, 9.17) is 23.2 Å². The first-order valence-electron chi connectivity index (χ1n) is 5.74. The van der Waals surface area contributed by atoms with Crippen molar-refractivity contribution in [1.82, 2.24) is 9.88 Å². The molecule has 94 valence electrons. The van der Waals surface area contributed by atoms with Crippen molar-refractivity contribution in [2.24, 2.45) is 0 Å². The molecule has 0 aliphatic carbocycles. The summed E-state index contributed by atoms with van der Waals surface area (Å²) in [6.45, 7) is 6.40. The van der Waals surface area contributed by atoms with Crippen LogP contribution in [0.2, 0.25) is 10.2 Å². The molecule has 1 aliphatic heterocycles. The molecule has 0 N–H and O–H groups in total. The van der Waals surface area contributed by atoms with E-state index in [1.165, 1.54) is 5.75 Å². The van der Waals surface area contributed by atoms with Crippen LogP contribution in [0.5, 0.6) is 0 Å². The van der Waals surface area contributed by atoms with Gasteiger partial charge in [-0.3, -0.25) is 4.90 Å². The van der Waals surface area contributed by atoms with Gasteiger partial charge >= 0.3 is 0 Å². The predicted molar refractivity (Wildman–Crippen MR) is 76.0 cm³/mol. The van der Waals surface area contributed by atoms with Gasteiger partial charge in [0.2, 0.25) is 0 Å². The average molecular weight is 291 g/mol. The fourth-order valence-electron chi connectivity index (χ4n) is 1.98. The van der Waals surface area contributed by atoms with Gasteiger partial charge in [0.25, 0.3) is 0 Å². The summed E-state index contributed by atoms with van der Waals surface area (Å²) in [5.41, 5.74) is 0.880. The molecule has 0 aromatic carbocycles. The summed E-state index contributed by atoms with van der Waals surface area (Å²) in [7, 11) is 0. The highest BCUT2D eigenvalue weighted by molar-refractivity contribution is 8.00. The number of aromatic nitrogens is 1. The van der Waals surface area contributed by atoms with E-state index in [2.05, 4.69) is 23.7 Å². The lowest BCUT2D eigenvalue weighted by molar-refractivity contribution is 0.202. The Bertz CT molecular complexity index is 400. The second kappa shape index (κ2) is 5.79. The molecule has 0 spiro atoms. The van der Waals surface area contributed by atoms with Crippen LogP contribution in [-0.4, -0.2) is 33.5 Å². The van der Waals surface area contributed by atoms with Crippen LogP contribution in [-0.2, 0) is 6.54 Å². The summed E-state index contributed by atoms with van der Waals surface area (Å²) in [5.74, 6) is 1.17. The van der Waals surface area contributed by atoms with Crippen LogP contribution in [0.3, 0.4) is 0 Å². The number of rotatable bonds is 2. The molecular weight excluding hydrogens is 275 g/mol. The third-order valence-corrected chi connectivity index (χ3v) is 5.14. The molecule has 2 heterocycles. The maximum Gasteiger partial charge on any atom is 0.129 e. The number of halogens is 2. The van der Waals surface area contributed by atoms with Crippen LogP contribution in [0.4, 0.5) is 0 Å². The average Bonchev–Trinajstić information content (AvgIpc) is 2.30. The van der Waals surface area contributed by atoms with Crippen molar-refractivity contribution in [2.45, 2.75) is 31.7 Å². The molecule has 5 heteroatoms. The summed E-state index contributed by atoms with van der Waals surface area (Å²) in [6, 6.07) is 4.09. The summed E-state index contributed by atoms with van der Waals surface area (Å²) in [4.78, 5) is 6.73. The normalized spacial score (nSPS) is 26.1. The fraction of sp³-hybridized carbons (Fsp3) is 0.583. The van der Waals surface area contributed by atoms with E-state index >= 15 is 0 Å². The zero-order valence-electron chi connectivity index (χ0n) is 9.99. The molecule has 0 radical (unpaired) electrons. The Balaban J connectivity index is 2.11. The van der Waals surface area contributed by atoms with Crippen LogP contribution >= 0.6 is 35.0 Å². The maximum atomic E-state index is 6.15. The molecule has 2 atom stereocenters. The molecule has 17 heavy (non-hydrogen) atoms. The Morgan fingerprint density at radius 1 is 1.41 bits per heavy atom. The SMILES string of the molecule is CC1SCCN(Cc2nc(Cl)ccc2Cl)C1C. The van der Waals surface area contributed by atoms with E-state index in [9.17, 15) is 0 Å². The number of nitrogens with zero attached hydrogens (tertiary/aromatic N) is 2. The van der Waals surface area contributed by atoms with Crippen molar-refractivity contribution in [2.75, 3.05) is 12.3 Å². The summed E-state index contributed by atoms with van der Waals surface area (Å²) < 4.78 is 0. The Morgan fingerprint density at radius 3 is 2.94 bits per heavy atom. The first-order valence-corrected chi connectivity index (χ1v) is 7.55. The van der Waals surface area contributed by atoms with Gasteiger partial charge < -0.3 is 0 Å². The third-order valence-electron chi connectivity index (χ3n) is 3.25. The van der Waals surface area contributed by atoms with Crippen molar-refractivity contribution in [3.8, 4) is 0 Å².